The Morgan fingerprint density at radius 2 is 0.662 bits per heavy atom. The molecule has 4 aliphatic heterocycles. The van der Waals surface area contributed by atoms with Crippen molar-refractivity contribution in [2.75, 3.05) is 9.80 Å². The molecule has 80 heavy (non-hydrogen) atoms. The lowest BCUT2D eigenvalue weighted by atomic mass is 9.32. The Kier molecular flexibility index (Phi) is 9.89. The van der Waals surface area contributed by atoms with Crippen LogP contribution < -0.4 is 35.7 Å². The van der Waals surface area contributed by atoms with E-state index in [1.54, 1.807) is 0 Å². The number of anilines is 6. The first kappa shape index (κ1) is 46.6. The van der Waals surface area contributed by atoms with Crippen LogP contribution in [0.25, 0.3) is 72.0 Å². The molecule has 5 nitrogen and oxygen atoms in total. The largest absolute Gasteiger partial charge is 0.456 e. The van der Waals surface area contributed by atoms with Crippen molar-refractivity contribution in [3.8, 4) is 73.2 Å². The monoisotopic (exact) mass is 1030 g/mol. The average Bonchev–Trinajstić information content (AvgIpc) is 2.65. The van der Waals surface area contributed by atoms with E-state index in [0.29, 0.717) is 0 Å². The molecule has 0 radical (unpaired) electrons. The van der Waals surface area contributed by atoms with Gasteiger partial charge in [-0.05, 0) is 111 Å². The van der Waals surface area contributed by atoms with Gasteiger partial charge in [0.2, 0.25) is 0 Å². The first-order valence-corrected chi connectivity index (χ1v) is 28.0. The molecule has 4 aliphatic rings. The van der Waals surface area contributed by atoms with Crippen molar-refractivity contribution >= 4 is 79.0 Å². The van der Waals surface area contributed by atoms with Gasteiger partial charge in [0.25, 0.3) is 6.71 Å². The SMILES string of the molecule is CC(C)(C)c1cc2c3c(c1)-c1ccccc1Oc1ccccc1-c1ccccc1N3c1cc(-n3c4ccccc4c4ccccc43)cc3c1B2c1cc(C(C)(C)C)cc2c1N3c1ccccc1-c1ccccc1Oc1ccccc1-2. The highest BCUT2D eigenvalue weighted by Gasteiger charge is 2.48. The molecule has 5 heterocycles. The maximum Gasteiger partial charge on any atom is 0.252 e. The van der Waals surface area contributed by atoms with Crippen molar-refractivity contribution in [3.05, 3.63) is 242 Å². The highest BCUT2D eigenvalue weighted by Crippen LogP contribution is 2.57. The molecule has 1 aromatic heterocycles. The maximum atomic E-state index is 7.25. The lowest BCUT2D eigenvalue weighted by Gasteiger charge is -2.47. The van der Waals surface area contributed by atoms with Crippen LogP contribution in [-0.2, 0) is 10.8 Å². The van der Waals surface area contributed by atoms with Crippen LogP contribution in [0.1, 0.15) is 52.7 Å². The molecule has 382 valence electrons. The summed E-state index contributed by atoms with van der Waals surface area (Å²) in [5.41, 5.74) is 24.4. The quantitative estimate of drug-likeness (QED) is 0.153. The molecular formula is C74H56BN3O2. The average molecular weight is 1030 g/mol. The van der Waals surface area contributed by atoms with Crippen molar-refractivity contribution < 1.29 is 9.47 Å². The summed E-state index contributed by atoms with van der Waals surface area (Å²) in [6, 6.07) is 85.3. The van der Waals surface area contributed by atoms with Crippen LogP contribution in [0, 0.1) is 0 Å². The van der Waals surface area contributed by atoms with Gasteiger partial charge in [-0.15, -0.1) is 0 Å². The Balaban J connectivity index is 1.16. The minimum absolute atomic E-state index is 0.225. The molecule has 0 amide bonds. The molecule has 0 fully saturated rings. The number of para-hydroxylation sites is 8. The van der Waals surface area contributed by atoms with Crippen LogP contribution in [0.4, 0.5) is 34.1 Å². The first-order valence-electron chi connectivity index (χ1n) is 28.0. The standard InChI is InChI=1S/C74H56BN3O2/c1-73(2,3)45-39-56-54-29-13-21-37-68(54)79-66-35-19-11-27-52(66)50-25-9-17-33-62(50)77-64-43-47(76-60-31-15-7-23-48(60)49-24-8-16-32-61(49)76)44-65-70(64)75(58(41-45)71(56)77)59-42-46(74(4,5)6)40-57-55-30-14-22-38-69(55)80-67-36-20-12-28-53(67)51-26-10-18-34-63(51)78(65)72(57)59/h7-44H,1-6H3. The zero-order valence-electron chi connectivity index (χ0n) is 45.7. The number of aromatic nitrogens is 1. The van der Waals surface area contributed by atoms with Crippen LogP contribution in [0.15, 0.2) is 231 Å². The van der Waals surface area contributed by atoms with E-state index in [9.17, 15) is 0 Å². The zero-order chi connectivity index (χ0) is 53.8. The molecular weight excluding hydrogens is 974 g/mol. The van der Waals surface area contributed by atoms with Gasteiger partial charge in [0.05, 0.1) is 28.1 Å². The third-order valence-electron chi connectivity index (χ3n) is 17.2. The van der Waals surface area contributed by atoms with Crippen LogP contribution in [-0.4, -0.2) is 11.3 Å². The Hall–Kier alpha value is -9.52. The maximum absolute atomic E-state index is 7.25. The second-order valence-corrected chi connectivity index (χ2v) is 24.0. The number of hydrogen-bond donors (Lipinski definition) is 0. The predicted octanol–water partition coefficient (Wildman–Crippen LogP) is 18.3. The van der Waals surface area contributed by atoms with Crippen molar-refractivity contribution in [3.63, 3.8) is 0 Å². The van der Waals surface area contributed by atoms with Crippen molar-refractivity contribution in [1.29, 1.82) is 0 Å². The molecule has 0 saturated carbocycles. The number of benzene rings is 11. The van der Waals surface area contributed by atoms with Gasteiger partial charge in [-0.25, -0.2) is 0 Å². The van der Waals surface area contributed by atoms with Crippen molar-refractivity contribution in [2.24, 2.45) is 0 Å². The number of fused-ring (bicyclic) bond motifs is 19. The minimum atomic E-state index is -0.238. The topological polar surface area (TPSA) is 29.9 Å². The fourth-order valence-corrected chi connectivity index (χ4v) is 13.5. The van der Waals surface area contributed by atoms with E-state index in [1.807, 2.05) is 0 Å². The lowest BCUT2D eigenvalue weighted by molar-refractivity contribution is 0.486. The molecule has 0 spiro atoms. The van der Waals surface area contributed by atoms with E-state index >= 15 is 0 Å². The van der Waals surface area contributed by atoms with Gasteiger partial charge in [0, 0.05) is 78.0 Å². The number of rotatable bonds is 1. The summed E-state index contributed by atoms with van der Waals surface area (Å²) < 4.78 is 17.0. The second-order valence-electron chi connectivity index (χ2n) is 24.0. The highest BCUT2D eigenvalue weighted by atomic mass is 16.5. The Morgan fingerprint density at radius 3 is 1.06 bits per heavy atom. The Morgan fingerprint density at radius 1 is 0.325 bits per heavy atom. The van der Waals surface area contributed by atoms with Crippen LogP contribution in [0.2, 0.25) is 0 Å². The molecule has 6 heteroatoms. The molecule has 0 aliphatic carbocycles. The smallest absolute Gasteiger partial charge is 0.252 e. The van der Waals surface area contributed by atoms with Crippen molar-refractivity contribution in [1.82, 2.24) is 4.57 Å². The molecule has 16 rings (SSSR count). The number of ether oxygens (including phenoxy) is 2. The Labute approximate surface area is 467 Å². The zero-order valence-corrected chi connectivity index (χ0v) is 45.7. The summed E-state index contributed by atoms with van der Waals surface area (Å²) >= 11 is 0. The second kappa shape index (κ2) is 17.0. The van der Waals surface area contributed by atoms with Gasteiger partial charge in [0.15, 0.2) is 0 Å². The van der Waals surface area contributed by atoms with E-state index in [4.69, 9.17) is 9.47 Å². The normalized spacial score (nSPS) is 13.5. The van der Waals surface area contributed by atoms with Crippen LogP contribution in [0.5, 0.6) is 23.0 Å². The highest BCUT2D eigenvalue weighted by molar-refractivity contribution is 7.00. The molecule has 0 atom stereocenters. The van der Waals surface area contributed by atoms with Gasteiger partial charge < -0.3 is 23.8 Å². The summed E-state index contributed by atoms with van der Waals surface area (Å²) in [6.45, 7) is 13.9. The van der Waals surface area contributed by atoms with Crippen LogP contribution in [0.3, 0.4) is 0 Å². The lowest BCUT2D eigenvalue weighted by Crippen LogP contribution is -2.62. The summed E-state index contributed by atoms with van der Waals surface area (Å²) in [5.74, 6) is 3.25. The van der Waals surface area contributed by atoms with E-state index in [-0.39, 0.29) is 17.5 Å². The third kappa shape index (κ3) is 6.78. The van der Waals surface area contributed by atoms with Gasteiger partial charge >= 0.3 is 0 Å². The Bertz CT molecular complexity index is 4330. The van der Waals surface area contributed by atoms with Gasteiger partial charge in [-0.3, -0.25) is 0 Å². The fourth-order valence-electron chi connectivity index (χ4n) is 13.5. The van der Waals surface area contributed by atoms with E-state index in [0.717, 1.165) is 118 Å². The number of nitrogens with zero attached hydrogens (tertiary/aromatic N) is 3. The molecule has 0 N–H and O–H groups in total. The molecule has 12 aromatic rings. The molecule has 0 unspecified atom stereocenters. The fraction of sp³-hybridized carbons (Fsp3) is 0.108. The number of hydrogen-bond acceptors (Lipinski definition) is 4. The van der Waals surface area contributed by atoms with E-state index in [2.05, 4.69) is 286 Å². The third-order valence-corrected chi connectivity index (χ3v) is 17.2. The molecule has 0 bridgehead atoms. The van der Waals surface area contributed by atoms with Crippen molar-refractivity contribution in [2.45, 2.75) is 52.4 Å². The summed E-state index contributed by atoms with van der Waals surface area (Å²) in [4.78, 5) is 5.28. The summed E-state index contributed by atoms with van der Waals surface area (Å²) in [5, 5.41) is 2.43. The first-order chi connectivity index (χ1) is 39.0. The minimum Gasteiger partial charge on any atom is -0.456 e. The van der Waals surface area contributed by atoms with Gasteiger partial charge in [-0.1, -0.05) is 199 Å². The van der Waals surface area contributed by atoms with Gasteiger partial charge in [-0.2, -0.15) is 0 Å². The van der Waals surface area contributed by atoms with Gasteiger partial charge in [0.1, 0.15) is 23.0 Å². The van der Waals surface area contributed by atoms with E-state index < -0.39 is 0 Å². The van der Waals surface area contributed by atoms with Crippen LogP contribution >= 0.6 is 0 Å². The molecule has 0 saturated heterocycles. The molecule has 11 aromatic carbocycles. The van der Waals surface area contributed by atoms with E-state index in [1.165, 1.54) is 38.3 Å². The summed E-state index contributed by atoms with van der Waals surface area (Å²) in [7, 11) is 0. The predicted molar refractivity (Wildman–Crippen MR) is 334 cm³/mol. The summed E-state index contributed by atoms with van der Waals surface area (Å²) in [6.07, 6.45) is 0.